The highest BCUT2D eigenvalue weighted by molar-refractivity contribution is 7.89. The fraction of sp³-hybridized carbons (Fsp3) is 0.538. The lowest BCUT2D eigenvalue weighted by atomic mass is 9.94. The van der Waals surface area contributed by atoms with E-state index in [1.165, 1.54) is 4.31 Å². The van der Waals surface area contributed by atoms with Gasteiger partial charge >= 0.3 is 0 Å². The predicted molar refractivity (Wildman–Crippen MR) is 86.1 cm³/mol. The van der Waals surface area contributed by atoms with Gasteiger partial charge in [-0.15, -0.1) is 12.4 Å². The molecule has 20 heavy (non-hydrogen) atoms. The van der Waals surface area contributed by atoms with Gasteiger partial charge in [-0.25, -0.2) is 12.7 Å². The summed E-state index contributed by atoms with van der Waals surface area (Å²) in [6.45, 7) is 6.41. The minimum absolute atomic E-state index is 0. The first-order valence-electron chi connectivity index (χ1n) is 6.03. The van der Waals surface area contributed by atoms with Crippen LogP contribution in [-0.4, -0.2) is 32.9 Å². The second-order valence-corrected chi connectivity index (χ2v) is 7.99. The van der Waals surface area contributed by atoms with Crippen LogP contribution in [0.4, 0.5) is 0 Å². The summed E-state index contributed by atoms with van der Waals surface area (Å²) in [5.41, 5.74) is 6.03. The van der Waals surface area contributed by atoms with Gasteiger partial charge in [0.1, 0.15) is 0 Å². The summed E-state index contributed by atoms with van der Waals surface area (Å²) in [6.07, 6.45) is 0. The van der Waals surface area contributed by atoms with Crippen molar-refractivity contribution in [3.8, 4) is 0 Å². The average Bonchev–Trinajstić information content (AvgIpc) is 2.27. The van der Waals surface area contributed by atoms with Crippen LogP contribution < -0.4 is 5.73 Å². The van der Waals surface area contributed by atoms with Crippen LogP contribution in [0.1, 0.15) is 19.4 Å². The minimum atomic E-state index is -3.51. The summed E-state index contributed by atoms with van der Waals surface area (Å²) in [5, 5.41) is 0.529. The van der Waals surface area contributed by atoms with Crippen LogP contribution in [0, 0.1) is 12.3 Å². The molecule has 0 spiro atoms. The van der Waals surface area contributed by atoms with Crippen molar-refractivity contribution in [2.45, 2.75) is 25.7 Å². The number of sulfonamides is 1. The Morgan fingerprint density at radius 2 is 1.90 bits per heavy atom. The molecule has 0 radical (unpaired) electrons. The van der Waals surface area contributed by atoms with E-state index in [1.807, 2.05) is 13.8 Å². The quantitative estimate of drug-likeness (QED) is 0.896. The third-order valence-corrected chi connectivity index (χ3v) is 5.23. The van der Waals surface area contributed by atoms with E-state index in [0.29, 0.717) is 23.7 Å². The average molecular weight is 341 g/mol. The van der Waals surface area contributed by atoms with Crippen LogP contribution in [0.3, 0.4) is 0 Å². The lowest BCUT2D eigenvalue weighted by Gasteiger charge is -2.28. The van der Waals surface area contributed by atoms with Crippen molar-refractivity contribution in [2.75, 3.05) is 20.1 Å². The van der Waals surface area contributed by atoms with E-state index < -0.39 is 10.0 Å². The van der Waals surface area contributed by atoms with Gasteiger partial charge in [-0.05, 0) is 42.6 Å². The van der Waals surface area contributed by atoms with Gasteiger partial charge < -0.3 is 5.73 Å². The fourth-order valence-electron chi connectivity index (χ4n) is 1.82. The van der Waals surface area contributed by atoms with Crippen LogP contribution in [0.15, 0.2) is 23.1 Å². The highest BCUT2D eigenvalue weighted by Gasteiger charge is 2.28. The smallest absolute Gasteiger partial charge is 0.243 e. The molecule has 0 bridgehead atoms. The Kier molecular flexibility index (Phi) is 6.97. The van der Waals surface area contributed by atoms with Crippen LogP contribution in [0.2, 0.25) is 5.02 Å². The molecule has 0 saturated carbocycles. The zero-order valence-electron chi connectivity index (χ0n) is 12.2. The Morgan fingerprint density at radius 3 is 2.35 bits per heavy atom. The maximum absolute atomic E-state index is 12.5. The maximum Gasteiger partial charge on any atom is 0.243 e. The Bertz CT molecular complexity index is 559. The Hall–Kier alpha value is -0.330. The number of halogens is 2. The largest absolute Gasteiger partial charge is 0.330 e. The Balaban J connectivity index is 0.00000361. The molecule has 7 heteroatoms. The van der Waals surface area contributed by atoms with Gasteiger partial charge in [-0.1, -0.05) is 25.4 Å². The standard InChI is InChI=1S/C13H21ClN2O2S.ClH/c1-10-7-11(14)5-6-12(10)19(17,18)16(4)9-13(2,3)8-15;/h5-7H,8-9,15H2,1-4H3;1H. The Morgan fingerprint density at radius 1 is 1.35 bits per heavy atom. The number of benzene rings is 1. The minimum Gasteiger partial charge on any atom is -0.330 e. The molecular weight excluding hydrogens is 319 g/mol. The molecule has 0 saturated heterocycles. The van der Waals surface area contributed by atoms with Gasteiger partial charge in [0.25, 0.3) is 0 Å². The number of hydrogen-bond donors (Lipinski definition) is 1. The third kappa shape index (κ3) is 4.60. The van der Waals surface area contributed by atoms with Crippen molar-refractivity contribution in [2.24, 2.45) is 11.1 Å². The molecule has 0 fully saturated rings. The molecule has 4 nitrogen and oxygen atoms in total. The fourth-order valence-corrected chi connectivity index (χ4v) is 3.61. The monoisotopic (exact) mass is 340 g/mol. The van der Waals surface area contributed by atoms with E-state index in [-0.39, 0.29) is 22.7 Å². The van der Waals surface area contributed by atoms with Crippen LogP contribution in [0.25, 0.3) is 0 Å². The van der Waals surface area contributed by atoms with E-state index in [0.717, 1.165) is 0 Å². The van der Waals surface area contributed by atoms with Crippen LogP contribution in [0.5, 0.6) is 0 Å². The zero-order chi connectivity index (χ0) is 14.8. The number of rotatable bonds is 5. The highest BCUT2D eigenvalue weighted by Crippen LogP contribution is 2.24. The molecule has 1 aromatic carbocycles. The molecule has 1 rings (SSSR count). The van der Waals surface area contributed by atoms with Crippen molar-refractivity contribution in [3.05, 3.63) is 28.8 Å². The third-order valence-electron chi connectivity index (χ3n) is 3.03. The molecular formula is C13H22Cl2N2O2S. The topological polar surface area (TPSA) is 63.4 Å². The van der Waals surface area contributed by atoms with Crippen molar-refractivity contribution in [1.29, 1.82) is 0 Å². The molecule has 0 aliphatic rings. The molecule has 116 valence electrons. The summed E-state index contributed by atoms with van der Waals surface area (Å²) >= 11 is 5.85. The van der Waals surface area contributed by atoms with E-state index in [9.17, 15) is 8.42 Å². The Labute approximate surface area is 132 Å². The van der Waals surface area contributed by atoms with Crippen molar-refractivity contribution < 1.29 is 8.42 Å². The predicted octanol–water partition coefficient (Wildman–Crippen LogP) is 2.68. The van der Waals surface area contributed by atoms with Gasteiger partial charge in [-0.2, -0.15) is 0 Å². The SMILES string of the molecule is Cc1cc(Cl)ccc1S(=O)(=O)N(C)CC(C)(C)CN.Cl. The number of hydrogen-bond acceptors (Lipinski definition) is 3. The van der Waals surface area contributed by atoms with Crippen molar-refractivity contribution in [3.63, 3.8) is 0 Å². The molecule has 2 N–H and O–H groups in total. The first kappa shape index (κ1) is 19.7. The summed E-state index contributed by atoms with van der Waals surface area (Å²) in [6, 6.07) is 4.78. The summed E-state index contributed by atoms with van der Waals surface area (Å²) in [7, 11) is -1.94. The molecule has 0 heterocycles. The van der Waals surface area contributed by atoms with E-state index in [1.54, 1.807) is 32.2 Å². The first-order valence-corrected chi connectivity index (χ1v) is 7.84. The lowest BCUT2D eigenvalue weighted by molar-refractivity contribution is 0.292. The molecule has 0 amide bonds. The number of nitrogens with zero attached hydrogens (tertiary/aromatic N) is 1. The molecule has 0 aliphatic heterocycles. The second kappa shape index (κ2) is 7.09. The van der Waals surface area contributed by atoms with Gasteiger partial charge in [0.15, 0.2) is 0 Å². The summed E-state index contributed by atoms with van der Waals surface area (Å²) < 4.78 is 26.3. The number of nitrogens with two attached hydrogens (primary N) is 1. The van der Waals surface area contributed by atoms with Crippen molar-refractivity contribution >= 4 is 34.0 Å². The lowest BCUT2D eigenvalue weighted by Crippen LogP contribution is -2.39. The van der Waals surface area contributed by atoms with Gasteiger partial charge in [0.2, 0.25) is 10.0 Å². The van der Waals surface area contributed by atoms with E-state index >= 15 is 0 Å². The molecule has 0 aromatic heterocycles. The highest BCUT2D eigenvalue weighted by atomic mass is 35.5. The maximum atomic E-state index is 12.5. The van der Waals surface area contributed by atoms with Crippen LogP contribution in [-0.2, 0) is 10.0 Å². The molecule has 0 atom stereocenters. The second-order valence-electron chi connectivity index (χ2n) is 5.54. The summed E-state index contributed by atoms with van der Waals surface area (Å²) in [4.78, 5) is 0.284. The normalized spacial score (nSPS) is 12.3. The first-order chi connectivity index (χ1) is 8.60. The molecule has 1 aromatic rings. The summed E-state index contributed by atoms with van der Waals surface area (Å²) in [5.74, 6) is 0. The van der Waals surface area contributed by atoms with E-state index in [4.69, 9.17) is 17.3 Å². The zero-order valence-corrected chi connectivity index (χ0v) is 14.6. The van der Waals surface area contributed by atoms with Gasteiger partial charge in [0.05, 0.1) is 4.90 Å². The number of aryl methyl sites for hydroxylation is 1. The van der Waals surface area contributed by atoms with Crippen molar-refractivity contribution in [1.82, 2.24) is 4.31 Å². The molecule has 0 aliphatic carbocycles. The van der Waals surface area contributed by atoms with Gasteiger partial charge in [-0.3, -0.25) is 0 Å². The van der Waals surface area contributed by atoms with Crippen LogP contribution >= 0.6 is 24.0 Å². The van der Waals surface area contributed by atoms with E-state index in [2.05, 4.69) is 0 Å². The molecule has 0 unspecified atom stereocenters. The van der Waals surface area contributed by atoms with Gasteiger partial charge in [0, 0.05) is 18.6 Å².